The Labute approximate surface area is 69.8 Å². The van der Waals surface area contributed by atoms with Crippen LogP contribution in [0.1, 0.15) is 33.1 Å². The summed E-state index contributed by atoms with van der Waals surface area (Å²) < 4.78 is 0. The van der Waals surface area contributed by atoms with Gasteiger partial charge in [0.15, 0.2) is 0 Å². The minimum absolute atomic E-state index is 0.841. The zero-order valence-corrected chi connectivity index (χ0v) is 7.88. The number of nitrogens with zero attached hydrogens (tertiary/aromatic N) is 1. The lowest BCUT2D eigenvalue weighted by molar-refractivity contribution is 0.206. The highest BCUT2D eigenvalue weighted by Crippen LogP contribution is 2.43. The van der Waals surface area contributed by atoms with Crippen molar-refractivity contribution < 1.29 is 0 Å². The first-order valence-electron chi connectivity index (χ1n) is 4.92. The number of hydrogen-bond donors (Lipinski definition) is 0. The van der Waals surface area contributed by atoms with Crippen LogP contribution >= 0.6 is 0 Å². The van der Waals surface area contributed by atoms with E-state index in [1.54, 1.807) is 0 Å². The third-order valence-corrected chi connectivity index (χ3v) is 3.87. The topological polar surface area (TPSA) is 3.24 Å². The standard InChI is InChI=1S/C10H19N/c1-7-4-5-9-6-8(2)11(3)10(7)9/h7-10H,4-6H2,1-3H3. The highest BCUT2D eigenvalue weighted by atomic mass is 15.2. The average Bonchev–Trinajstić information content (AvgIpc) is 2.41. The molecule has 0 radical (unpaired) electrons. The molecule has 1 saturated heterocycles. The van der Waals surface area contributed by atoms with E-state index < -0.39 is 0 Å². The van der Waals surface area contributed by atoms with Crippen molar-refractivity contribution in [2.75, 3.05) is 7.05 Å². The molecule has 4 atom stereocenters. The molecule has 1 nitrogen and oxygen atoms in total. The first kappa shape index (κ1) is 7.60. The van der Waals surface area contributed by atoms with E-state index in [9.17, 15) is 0 Å². The summed E-state index contributed by atoms with van der Waals surface area (Å²) in [4.78, 5) is 2.60. The molecule has 0 bridgehead atoms. The Bertz CT molecular complexity index is 153. The van der Waals surface area contributed by atoms with Gasteiger partial charge in [-0.1, -0.05) is 6.92 Å². The van der Waals surface area contributed by atoms with Crippen molar-refractivity contribution in [2.45, 2.75) is 45.2 Å². The summed E-state index contributed by atoms with van der Waals surface area (Å²) in [5.41, 5.74) is 0. The van der Waals surface area contributed by atoms with Crippen LogP contribution in [0.2, 0.25) is 0 Å². The third-order valence-electron chi connectivity index (χ3n) is 3.87. The van der Waals surface area contributed by atoms with E-state index in [-0.39, 0.29) is 0 Å². The molecule has 0 spiro atoms. The molecule has 11 heavy (non-hydrogen) atoms. The second kappa shape index (κ2) is 2.48. The Kier molecular flexibility index (Phi) is 1.71. The minimum atomic E-state index is 0.841. The van der Waals surface area contributed by atoms with E-state index in [2.05, 4.69) is 25.8 Å². The van der Waals surface area contributed by atoms with Crippen LogP contribution in [0.15, 0.2) is 0 Å². The van der Waals surface area contributed by atoms with Gasteiger partial charge in [0, 0.05) is 12.1 Å². The van der Waals surface area contributed by atoms with Crippen LogP contribution in [-0.2, 0) is 0 Å². The predicted octanol–water partition coefficient (Wildman–Crippen LogP) is 2.13. The van der Waals surface area contributed by atoms with Gasteiger partial charge in [-0.25, -0.2) is 0 Å². The monoisotopic (exact) mass is 153 g/mol. The predicted molar refractivity (Wildman–Crippen MR) is 47.5 cm³/mol. The second-order valence-corrected chi connectivity index (χ2v) is 4.56. The molecular formula is C10H19N. The number of hydrogen-bond acceptors (Lipinski definition) is 1. The number of likely N-dealkylation sites (tertiary alicyclic amines) is 1. The van der Waals surface area contributed by atoms with Crippen LogP contribution in [0.25, 0.3) is 0 Å². The molecule has 64 valence electrons. The van der Waals surface area contributed by atoms with Gasteiger partial charge in [0.1, 0.15) is 0 Å². The van der Waals surface area contributed by atoms with E-state index in [1.165, 1.54) is 19.3 Å². The van der Waals surface area contributed by atoms with E-state index in [0.29, 0.717) is 0 Å². The molecule has 0 N–H and O–H groups in total. The van der Waals surface area contributed by atoms with Crippen LogP contribution in [0, 0.1) is 11.8 Å². The van der Waals surface area contributed by atoms with Crippen molar-refractivity contribution in [3.05, 3.63) is 0 Å². The maximum absolute atomic E-state index is 2.60. The third kappa shape index (κ3) is 1.01. The molecule has 1 heterocycles. The summed E-state index contributed by atoms with van der Waals surface area (Å²) in [6.07, 6.45) is 4.40. The summed E-state index contributed by atoms with van der Waals surface area (Å²) in [5, 5.41) is 0. The van der Waals surface area contributed by atoms with E-state index in [4.69, 9.17) is 0 Å². The van der Waals surface area contributed by atoms with Crippen molar-refractivity contribution in [1.82, 2.24) is 4.90 Å². The quantitative estimate of drug-likeness (QED) is 0.515. The molecule has 2 aliphatic rings. The smallest absolute Gasteiger partial charge is 0.0149 e. The van der Waals surface area contributed by atoms with Crippen molar-refractivity contribution in [3.8, 4) is 0 Å². The molecule has 0 aromatic carbocycles. The van der Waals surface area contributed by atoms with Gasteiger partial charge in [-0.2, -0.15) is 0 Å². The first-order chi connectivity index (χ1) is 5.20. The highest BCUT2D eigenvalue weighted by molar-refractivity contribution is 4.97. The van der Waals surface area contributed by atoms with Gasteiger partial charge in [-0.15, -0.1) is 0 Å². The van der Waals surface area contributed by atoms with E-state index >= 15 is 0 Å². The Hall–Kier alpha value is -0.0400. The van der Waals surface area contributed by atoms with Gasteiger partial charge in [0.05, 0.1) is 0 Å². The maximum Gasteiger partial charge on any atom is 0.0149 e. The molecule has 2 fully saturated rings. The Morgan fingerprint density at radius 1 is 1.18 bits per heavy atom. The Morgan fingerprint density at radius 3 is 2.55 bits per heavy atom. The van der Waals surface area contributed by atoms with Crippen molar-refractivity contribution in [2.24, 2.45) is 11.8 Å². The Morgan fingerprint density at radius 2 is 1.91 bits per heavy atom. The molecule has 0 amide bonds. The second-order valence-electron chi connectivity index (χ2n) is 4.56. The summed E-state index contributed by atoms with van der Waals surface area (Å²) in [5.74, 6) is 1.99. The van der Waals surface area contributed by atoms with E-state index in [0.717, 1.165) is 23.9 Å². The van der Waals surface area contributed by atoms with Gasteiger partial charge in [0.25, 0.3) is 0 Å². The summed E-state index contributed by atoms with van der Waals surface area (Å²) in [6, 6.07) is 1.76. The maximum atomic E-state index is 2.60. The van der Waals surface area contributed by atoms with Gasteiger partial charge >= 0.3 is 0 Å². The Balaban J connectivity index is 2.13. The van der Waals surface area contributed by atoms with Gasteiger partial charge < -0.3 is 4.90 Å². The lowest BCUT2D eigenvalue weighted by Gasteiger charge is -2.25. The molecular weight excluding hydrogens is 134 g/mol. The zero-order valence-electron chi connectivity index (χ0n) is 7.88. The fourth-order valence-electron chi connectivity index (χ4n) is 3.17. The first-order valence-corrected chi connectivity index (χ1v) is 4.92. The van der Waals surface area contributed by atoms with Crippen LogP contribution in [0.5, 0.6) is 0 Å². The summed E-state index contributed by atoms with van der Waals surface area (Å²) >= 11 is 0. The van der Waals surface area contributed by atoms with Gasteiger partial charge in [-0.05, 0) is 45.1 Å². The van der Waals surface area contributed by atoms with E-state index in [1.807, 2.05) is 0 Å². The van der Waals surface area contributed by atoms with Crippen LogP contribution in [0.3, 0.4) is 0 Å². The minimum Gasteiger partial charge on any atom is -0.300 e. The number of rotatable bonds is 0. The van der Waals surface area contributed by atoms with Crippen LogP contribution in [0.4, 0.5) is 0 Å². The molecule has 4 unspecified atom stereocenters. The van der Waals surface area contributed by atoms with Crippen molar-refractivity contribution in [1.29, 1.82) is 0 Å². The molecule has 1 aliphatic carbocycles. The summed E-state index contributed by atoms with van der Waals surface area (Å²) in [7, 11) is 2.30. The number of fused-ring (bicyclic) bond motifs is 1. The fourth-order valence-corrected chi connectivity index (χ4v) is 3.17. The lowest BCUT2D eigenvalue weighted by atomic mass is 10.00. The highest BCUT2D eigenvalue weighted by Gasteiger charge is 2.43. The normalized spacial score (nSPS) is 51.5. The largest absolute Gasteiger partial charge is 0.300 e. The lowest BCUT2D eigenvalue weighted by Crippen LogP contribution is -2.34. The average molecular weight is 153 g/mol. The fraction of sp³-hybridized carbons (Fsp3) is 1.00. The molecule has 1 saturated carbocycles. The SMILES string of the molecule is CC1CCC2CC(C)N(C)C12. The van der Waals surface area contributed by atoms with Crippen LogP contribution < -0.4 is 0 Å². The summed E-state index contributed by atoms with van der Waals surface area (Å²) in [6.45, 7) is 4.78. The molecule has 1 aliphatic heterocycles. The van der Waals surface area contributed by atoms with Crippen LogP contribution in [-0.4, -0.2) is 24.0 Å². The van der Waals surface area contributed by atoms with Crippen molar-refractivity contribution >= 4 is 0 Å². The zero-order chi connectivity index (χ0) is 8.01. The van der Waals surface area contributed by atoms with Gasteiger partial charge in [-0.3, -0.25) is 0 Å². The van der Waals surface area contributed by atoms with Crippen molar-refractivity contribution in [3.63, 3.8) is 0 Å². The molecule has 0 aromatic heterocycles. The van der Waals surface area contributed by atoms with Gasteiger partial charge in [0.2, 0.25) is 0 Å². The molecule has 1 heteroatoms. The molecule has 2 rings (SSSR count). The molecule has 0 aromatic rings.